The molecule has 1 amide bonds. The lowest BCUT2D eigenvalue weighted by Crippen LogP contribution is -2.57. The SMILES string of the molecule is CCC(CC)(NC(C)C(=O)NC)C(=O)O. The highest BCUT2D eigenvalue weighted by atomic mass is 16.4. The number of hydrogen-bond donors (Lipinski definition) is 3. The van der Waals surface area contributed by atoms with Crippen molar-refractivity contribution in [2.75, 3.05) is 7.05 Å². The van der Waals surface area contributed by atoms with Gasteiger partial charge in [0.15, 0.2) is 0 Å². The second-order valence-electron chi connectivity index (χ2n) is 3.57. The Labute approximate surface area is 90.2 Å². The first-order valence-electron chi connectivity index (χ1n) is 5.16. The second kappa shape index (κ2) is 5.70. The van der Waals surface area contributed by atoms with E-state index in [4.69, 9.17) is 5.11 Å². The van der Waals surface area contributed by atoms with Crippen molar-refractivity contribution in [3.63, 3.8) is 0 Å². The first kappa shape index (κ1) is 13.9. The van der Waals surface area contributed by atoms with E-state index in [0.29, 0.717) is 12.8 Å². The number of carbonyl (C=O) groups is 2. The van der Waals surface area contributed by atoms with Gasteiger partial charge in [-0.25, -0.2) is 0 Å². The summed E-state index contributed by atoms with van der Waals surface area (Å²) in [6.07, 6.45) is 0.889. The lowest BCUT2D eigenvalue weighted by atomic mass is 9.92. The van der Waals surface area contributed by atoms with E-state index in [2.05, 4.69) is 10.6 Å². The molecule has 0 fully saturated rings. The quantitative estimate of drug-likeness (QED) is 0.599. The molecule has 0 bridgehead atoms. The van der Waals surface area contributed by atoms with Crippen LogP contribution < -0.4 is 10.6 Å². The van der Waals surface area contributed by atoms with Gasteiger partial charge in [0.25, 0.3) is 0 Å². The van der Waals surface area contributed by atoms with Crippen molar-refractivity contribution in [3.05, 3.63) is 0 Å². The molecule has 0 aliphatic heterocycles. The first-order chi connectivity index (χ1) is 6.93. The van der Waals surface area contributed by atoms with Crippen LogP contribution in [0.3, 0.4) is 0 Å². The summed E-state index contributed by atoms with van der Waals surface area (Å²) in [5.74, 6) is -1.12. The zero-order valence-electron chi connectivity index (χ0n) is 9.76. The minimum absolute atomic E-state index is 0.206. The molecular formula is C10H20N2O3. The number of rotatable bonds is 6. The van der Waals surface area contributed by atoms with Gasteiger partial charge in [-0.15, -0.1) is 0 Å². The topological polar surface area (TPSA) is 78.4 Å². The molecule has 0 saturated heterocycles. The van der Waals surface area contributed by atoms with Crippen molar-refractivity contribution in [1.82, 2.24) is 10.6 Å². The van der Waals surface area contributed by atoms with E-state index in [1.807, 2.05) is 0 Å². The zero-order valence-corrected chi connectivity index (χ0v) is 9.76. The van der Waals surface area contributed by atoms with Crippen LogP contribution >= 0.6 is 0 Å². The van der Waals surface area contributed by atoms with Gasteiger partial charge in [-0.3, -0.25) is 14.9 Å². The van der Waals surface area contributed by atoms with Gasteiger partial charge in [-0.05, 0) is 19.8 Å². The van der Waals surface area contributed by atoms with Gasteiger partial charge in [-0.1, -0.05) is 13.8 Å². The standard InChI is InChI=1S/C10H20N2O3/c1-5-10(6-2,9(14)15)12-7(3)8(13)11-4/h7,12H,5-6H2,1-4H3,(H,11,13)(H,14,15). The summed E-state index contributed by atoms with van der Waals surface area (Å²) in [6.45, 7) is 5.24. The van der Waals surface area contributed by atoms with Crippen LogP contribution in [0.25, 0.3) is 0 Å². The Morgan fingerprint density at radius 1 is 1.33 bits per heavy atom. The van der Waals surface area contributed by atoms with Crippen LogP contribution in [0, 0.1) is 0 Å². The summed E-state index contributed by atoms with van der Waals surface area (Å²) in [6, 6.07) is -0.508. The molecule has 5 heteroatoms. The molecule has 1 unspecified atom stereocenters. The highest BCUT2D eigenvalue weighted by Gasteiger charge is 2.36. The van der Waals surface area contributed by atoms with Gasteiger partial charge in [0, 0.05) is 7.05 Å². The summed E-state index contributed by atoms with van der Waals surface area (Å²) < 4.78 is 0. The van der Waals surface area contributed by atoms with Gasteiger partial charge in [0.2, 0.25) is 5.91 Å². The molecule has 15 heavy (non-hydrogen) atoms. The van der Waals surface area contributed by atoms with Crippen LogP contribution in [0.15, 0.2) is 0 Å². The monoisotopic (exact) mass is 216 g/mol. The summed E-state index contributed by atoms with van der Waals surface area (Å²) in [4.78, 5) is 22.4. The van der Waals surface area contributed by atoms with Crippen molar-refractivity contribution in [1.29, 1.82) is 0 Å². The number of aliphatic carboxylic acids is 1. The van der Waals surface area contributed by atoms with Crippen molar-refractivity contribution in [2.24, 2.45) is 0 Å². The molecule has 0 aromatic rings. The van der Waals surface area contributed by atoms with Crippen molar-refractivity contribution < 1.29 is 14.7 Å². The Kier molecular flexibility index (Phi) is 5.28. The Balaban J connectivity index is 4.68. The molecule has 5 nitrogen and oxygen atoms in total. The number of carboxylic acids is 1. The third-order valence-electron chi connectivity index (χ3n) is 2.75. The lowest BCUT2D eigenvalue weighted by molar-refractivity contribution is -0.146. The van der Waals surface area contributed by atoms with Gasteiger partial charge < -0.3 is 10.4 Å². The van der Waals surface area contributed by atoms with Crippen LogP contribution in [0.1, 0.15) is 33.6 Å². The van der Waals surface area contributed by atoms with E-state index in [0.717, 1.165) is 0 Å². The van der Waals surface area contributed by atoms with Crippen LogP contribution in [0.4, 0.5) is 0 Å². The minimum Gasteiger partial charge on any atom is -0.480 e. The summed E-state index contributed by atoms with van der Waals surface area (Å²) >= 11 is 0. The van der Waals surface area contributed by atoms with E-state index in [-0.39, 0.29) is 5.91 Å². The number of carbonyl (C=O) groups excluding carboxylic acids is 1. The predicted molar refractivity (Wildman–Crippen MR) is 57.6 cm³/mol. The Morgan fingerprint density at radius 3 is 2.07 bits per heavy atom. The maximum Gasteiger partial charge on any atom is 0.323 e. The average Bonchev–Trinajstić information content (AvgIpc) is 2.24. The Bertz CT molecular complexity index is 237. The third-order valence-corrected chi connectivity index (χ3v) is 2.75. The maximum atomic E-state index is 11.3. The molecule has 0 radical (unpaired) electrons. The molecule has 0 saturated carbocycles. The molecule has 0 aromatic carbocycles. The van der Waals surface area contributed by atoms with Gasteiger partial charge in [0.05, 0.1) is 6.04 Å². The largest absolute Gasteiger partial charge is 0.480 e. The fourth-order valence-electron chi connectivity index (χ4n) is 1.51. The molecule has 0 aliphatic rings. The summed E-state index contributed by atoms with van der Waals surface area (Å²) in [5, 5.41) is 14.5. The molecule has 3 N–H and O–H groups in total. The zero-order chi connectivity index (χ0) is 12.1. The summed E-state index contributed by atoms with van der Waals surface area (Å²) in [7, 11) is 1.53. The van der Waals surface area contributed by atoms with E-state index >= 15 is 0 Å². The van der Waals surface area contributed by atoms with Crippen LogP contribution in [-0.2, 0) is 9.59 Å². The summed E-state index contributed by atoms with van der Waals surface area (Å²) in [5.41, 5.74) is -1.01. The molecule has 0 spiro atoms. The van der Waals surface area contributed by atoms with Gasteiger partial charge in [0.1, 0.15) is 5.54 Å². The molecule has 0 aliphatic carbocycles. The Morgan fingerprint density at radius 2 is 1.80 bits per heavy atom. The number of amides is 1. The van der Waals surface area contributed by atoms with Gasteiger partial charge in [-0.2, -0.15) is 0 Å². The molecule has 88 valence electrons. The smallest absolute Gasteiger partial charge is 0.323 e. The number of hydrogen-bond acceptors (Lipinski definition) is 3. The van der Waals surface area contributed by atoms with Crippen molar-refractivity contribution in [2.45, 2.75) is 45.2 Å². The highest BCUT2D eigenvalue weighted by Crippen LogP contribution is 2.16. The van der Waals surface area contributed by atoms with Crippen LogP contribution in [0.5, 0.6) is 0 Å². The van der Waals surface area contributed by atoms with Crippen molar-refractivity contribution in [3.8, 4) is 0 Å². The van der Waals surface area contributed by atoms with E-state index < -0.39 is 17.6 Å². The Hall–Kier alpha value is -1.10. The predicted octanol–water partition coefficient (Wildman–Crippen LogP) is 0.354. The highest BCUT2D eigenvalue weighted by molar-refractivity contribution is 5.84. The molecule has 1 atom stereocenters. The maximum absolute atomic E-state index is 11.3. The first-order valence-corrected chi connectivity index (χ1v) is 5.16. The second-order valence-corrected chi connectivity index (χ2v) is 3.57. The number of likely N-dealkylation sites (N-methyl/N-ethyl adjacent to an activating group) is 1. The number of nitrogens with one attached hydrogen (secondary N) is 2. The fraction of sp³-hybridized carbons (Fsp3) is 0.800. The van der Waals surface area contributed by atoms with Gasteiger partial charge >= 0.3 is 5.97 Å². The van der Waals surface area contributed by atoms with Crippen molar-refractivity contribution >= 4 is 11.9 Å². The molecule has 0 heterocycles. The average molecular weight is 216 g/mol. The van der Waals surface area contributed by atoms with Crippen LogP contribution in [-0.4, -0.2) is 35.6 Å². The molecule has 0 rings (SSSR count). The molecular weight excluding hydrogens is 196 g/mol. The minimum atomic E-state index is -1.01. The van der Waals surface area contributed by atoms with Crippen LogP contribution in [0.2, 0.25) is 0 Å². The lowest BCUT2D eigenvalue weighted by Gasteiger charge is -2.30. The van der Waals surface area contributed by atoms with E-state index in [1.165, 1.54) is 7.05 Å². The normalized spacial score (nSPS) is 13.3. The molecule has 0 aromatic heterocycles. The number of carboxylic acid groups (broad SMARTS) is 1. The third kappa shape index (κ3) is 3.20. The fourth-order valence-corrected chi connectivity index (χ4v) is 1.51. The van der Waals surface area contributed by atoms with E-state index in [9.17, 15) is 9.59 Å². The van der Waals surface area contributed by atoms with E-state index in [1.54, 1.807) is 20.8 Å².